The zero-order chi connectivity index (χ0) is 9.52. The van der Waals surface area contributed by atoms with Crippen LogP contribution in [-0.4, -0.2) is 21.7 Å². The van der Waals surface area contributed by atoms with E-state index in [-0.39, 0.29) is 6.61 Å². The molecule has 0 spiro atoms. The van der Waals surface area contributed by atoms with Crippen LogP contribution < -0.4 is 0 Å². The fourth-order valence-corrected chi connectivity index (χ4v) is 2.20. The highest BCUT2D eigenvalue weighted by molar-refractivity contribution is 7.85. The molecule has 0 saturated carbocycles. The molecule has 0 amide bonds. The first-order valence-electron chi connectivity index (χ1n) is 4.39. The summed E-state index contributed by atoms with van der Waals surface area (Å²) in [5.74, 6) is 0.643. The quantitative estimate of drug-likeness (QED) is 0.729. The highest BCUT2D eigenvalue weighted by Crippen LogP contribution is 2.06. The first-order valence-corrected chi connectivity index (χ1v) is 5.71. The fourth-order valence-electron chi connectivity index (χ4n) is 1.04. The Kier molecular flexibility index (Phi) is 4.72. The summed E-state index contributed by atoms with van der Waals surface area (Å²) in [5, 5.41) is 8.55. The SMILES string of the molecule is O=[S@@](CCCCO)c1ccccc1. The largest absolute Gasteiger partial charge is 0.396 e. The van der Waals surface area contributed by atoms with Gasteiger partial charge in [0.1, 0.15) is 0 Å². The number of rotatable bonds is 5. The van der Waals surface area contributed by atoms with Crippen molar-refractivity contribution in [2.24, 2.45) is 0 Å². The van der Waals surface area contributed by atoms with E-state index < -0.39 is 10.8 Å². The Morgan fingerprint density at radius 3 is 2.46 bits per heavy atom. The first kappa shape index (κ1) is 10.4. The van der Waals surface area contributed by atoms with Gasteiger partial charge in [0.2, 0.25) is 0 Å². The lowest BCUT2D eigenvalue weighted by Crippen LogP contribution is -1.98. The Labute approximate surface area is 81.1 Å². The molecule has 72 valence electrons. The number of hydrogen-bond donors (Lipinski definition) is 1. The summed E-state index contributed by atoms with van der Waals surface area (Å²) in [4.78, 5) is 0.875. The lowest BCUT2D eigenvalue weighted by Gasteiger charge is -2.00. The van der Waals surface area contributed by atoms with Crippen LogP contribution in [0.4, 0.5) is 0 Å². The molecule has 0 aliphatic heterocycles. The van der Waals surface area contributed by atoms with Crippen molar-refractivity contribution >= 4 is 10.8 Å². The molecule has 0 saturated heterocycles. The summed E-state index contributed by atoms with van der Waals surface area (Å²) in [6, 6.07) is 9.43. The predicted molar refractivity (Wildman–Crippen MR) is 54.0 cm³/mol. The maximum absolute atomic E-state index is 11.5. The average molecular weight is 198 g/mol. The lowest BCUT2D eigenvalue weighted by molar-refractivity contribution is 0.287. The Balaban J connectivity index is 2.40. The van der Waals surface area contributed by atoms with Gasteiger partial charge in [-0.05, 0) is 25.0 Å². The number of benzene rings is 1. The second-order valence-electron chi connectivity index (χ2n) is 2.79. The zero-order valence-corrected chi connectivity index (χ0v) is 8.30. The topological polar surface area (TPSA) is 37.3 Å². The minimum Gasteiger partial charge on any atom is -0.396 e. The van der Waals surface area contributed by atoms with Gasteiger partial charge >= 0.3 is 0 Å². The zero-order valence-electron chi connectivity index (χ0n) is 7.48. The van der Waals surface area contributed by atoms with Gasteiger partial charge in [-0.15, -0.1) is 0 Å². The predicted octanol–water partition coefficient (Wildman–Crippen LogP) is 1.57. The van der Waals surface area contributed by atoms with Crippen molar-refractivity contribution in [3.05, 3.63) is 30.3 Å². The van der Waals surface area contributed by atoms with Crippen LogP contribution in [0, 0.1) is 0 Å². The molecule has 0 unspecified atom stereocenters. The Bertz CT molecular complexity index is 259. The van der Waals surface area contributed by atoms with Gasteiger partial charge in [-0.1, -0.05) is 18.2 Å². The minimum atomic E-state index is -0.896. The van der Waals surface area contributed by atoms with Crippen LogP contribution in [-0.2, 0) is 10.8 Å². The third-order valence-corrected chi connectivity index (χ3v) is 3.20. The molecule has 0 radical (unpaired) electrons. The van der Waals surface area contributed by atoms with Gasteiger partial charge < -0.3 is 5.11 Å². The van der Waals surface area contributed by atoms with Gasteiger partial charge in [0.25, 0.3) is 0 Å². The van der Waals surface area contributed by atoms with Crippen molar-refractivity contribution in [1.29, 1.82) is 0 Å². The van der Waals surface area contributed by atoms with Gasteiger partial charge in [-0.25, -0.2) is 0 Å². The number of unbranched alkanes of at least 4 members (excludes halogenated alkanes) is 1. The van der Waals surface area contributed by atoms with Gasteiger partial charge in [-0.3, -0.25) is 4.21 Å². The van der Waals surface area contributed by atoms with E-state index >= 15 is 0 Å². The molecule has 13 heavy (non-hydrogen) atoms. The van der Waals surface area contributed by atoms with Crippen molar-refractivity contribution < 1.29 is 9.32 Å². The molecule has 0 aliphatic rings. The van der Waals surface area contributed by atoms with Crippen molar-refractivity contribution in [3.8, 4) is 0 Å². The smallest absolute Gasteiger partial charge is 0.0529 e. The highest BCUT2D eigenvalue weighted by Gasteiger charge is 2.01. The minimum absolute atomic E-state index is 0.186. The van der Waals surface area contributed by atoms with Crippen LogP contribution in [0.1, 0.15) is 12.8 Å². The summed E-state index contributed by atoms with van der Waals surface area (Å²) in [6.07, 6.45) is 1.55. The van der Waals surface area contributed by atoms with Crippen LogP contribution in [0.2, 0.25) is 0 Å². The Morgan fingerprint density at radius 1 is 1.15 bits per heavy atom. The van der Waals surface area contributed by atoms with Crippen molar-refractivity contribution in [2.45, 2.75) is 17.7 Å². The van der Waals surface area contributed by atoms with E-state index in [0.29, 0.717) is 5.75 Å². The van der Waals surface area contributed by atoms with Gasteiger partial charge in [0.15, 0.2) is 0 Å². The van der Waals surface area contributed by atoms with Crippen molar-refractivity contribution in [3.63, 3.8) is 0 Å². The molecule has 1 rings (SSSR count). The second-order valence-corrected chi connectivity index (χ2v) is 4.36. The highest BCUT2D eigenvalue weighted by atomic mass is 32.2. The van der Waals surface area contributed by atoms with E-state index in [9.17, 15) is 4.21 Å². The molecule has 1 N–H and O–H groups in total. The van der Waals surface area contributed by atoms with E-state index in [2.05, 4.69) is 0 Å². The normalized spacial score (nSPS) is 12.7. The van der Waals surface area contributed by atoms with E-state index in [4.69, 9.17) is 5.11 Å². The van der Waals surface area contributed by atoms with Gasteiger partial charge in [0, 0.05) is 17.3 Å². The maximum Gasteiger partial charge on any atom is 0.0529 e. The molecular formula is C10H14O2S. The Morgan fingerprint density at radius 2 is 1.85 bits per heavy atom. The molecule has 0 fully saturated rings. The maximum atomic E-state index is 11.5. The Hall–Kier alpha value is -0.670. The molecule has 1 atom stereocenters. The van der Waals surface area contributed by atoms with Crippen LogP contribution >= 0.6 is 0 Å². The number of hydrogen-bond acceptors (Lipinski definition) is 2. The van der Waals surface area contributed by atoms with Crippen molar-refractivity contribution in [1.82, 2.24) is 0 Å². The molecule has 0 aromatic heterocycles. The van der Waals surface area contributed by atoms with Crippen LogP contribution in [0.25, 0.3) is 0 Å². The fraction of sp³-hybridized carbons (Fsp3) is 0.400. The lowest BCUT2D eigenvalue weighted by atomic mass is 10.4. The second kappa shape index (κ2) is 5.89. The summed E-state index contributed by atoms with van der Waals surface area (Å²) >= 11 is 0. The van der Waals surface area contributed by atoms with E-state index in [1.807, 2.05) is 30.3 Å². The standard InChI is InChI=1S/C10H14O2S/c11-8-4-5-9-13(12)10-6-2-1-3-7-10/h1-3,6-7,11H,4-5,8-9H2/t13-/m0/s1. The van der Waals surface area contributed by atoms with Crippen LogP contribution in [0.5, 0.6) is 0 Å². The number of aliphatic hydroxyl groups is 1. The third kappa shape index (κ3) is 3.70. The molecule has 1 aromatic carbocycles. The molecular weight excluding hydrogens is 184 g/mol. The average Bonchev–Trinajstić information content (AvgIpc) is 2.19. The van der Waals surface area contributed by atoms with E-state index in [0.717, 1.165) is 17.7 Å². The van der Waals surface area contributed by atoms with E-state index in [1.165, 1.54) is 0 Å². The monoisotopic (exact) mass is 198 g/mol. The molecule has 0 heterocycles. The summed E-state index contributed by atoms with van der Waals surface area (Å²) < 4.78 is 11.5. The first-order chi connectivity index (χ1) is 6.34. The van der Waals surface area contributed by atoms with Crippen LogP contribution in [0.15, 0.2) is 35.2 Å². The molecule has 1 aromatic rings. The molecule has 3 heteroatoms. The summed E-state index contributed by atoms with van der Waals surface area (Å²) in [6.45, 7) is 0.186. The number of aliphatic hydroxyl groups excluding tert-OH is 1. The van der Waals surface area contributed by atoms with Crippen molar-refractivity contribution in [2.75, 3.05) is 12.4 Å². The molecule has 0 aliphatic carbocycles. The molecule has 2 nitrogen and oxygen atoms in total. The molecule has 0 bridgehead atoms. The van der Waals surface area contributed by atoms with Crippen LogP contribution in [0.3, 0.4) is 0 Å². The van der Waals surface area contributed by atoms with Gasteiger partial charge in [-0.2, -0.15) is 0 Å². The van der Waals surface area contributed by atoms with Gasteiger partial charge in [0.05, 0.1) is 10.8 Å². The third-order valence-electron chi connectivity index (χ3n) is 1.74. The summed E-state index contributed by atoms with van der Waals surface area (Å²) in [7, 11) is -0.896. The van der Waals surface area contributed by atoms with E-state index in [1.54, 1.807) is 0 Å². The summed E-state index contributed by atoms with van der Waals surface area (Å²) in [5.41, 5.74) is 0.